The van der Waals surface area contributed by atoms with Gasteiger partial charge in [-0.1, -0.05) is 11.6 Å². The Morgan fingerprint density at radius 1 is 1.24 bits per heavy atom. The highest BCUT2D eigenvalue weighted by atomic mass is 35.5. The third-order valence-corrected chi connectivity index (χ3v) is 3.49. The molecule has 1 aromatic carbocycles. The standard InChI is InChI=1S/C17H13ClN2O/c1-17(2)8-14(15-5-4-12(18)10-20-15)13-7-11(9-19)3-6-16(13)21-17/h3-8,10H,1-2H3. The van der Waals surface area contributed by atoms with E-state index in [2.05, 4.69) is 11.1 Å². The molecule has 0 aliphatic carbocycles. The van der Waals surface area contributed by atoms with E-state index in [4.69, 9.17) is 21.6 Å². The molecule has 3 nitrogen and oxygen atoms in total. The van der Waals surface area contributed by atoms with Gasteiger partial charge < -0.3 is 4.74 Å². The molecule has 0 unspecified atom stereocenters. The van der Waals surface area contributed by atoms with Gasteiger partial charge in [-0.2, -0.15) is 5.26 Å². The lowest BCUT2D eigenvalue weighted by Gasteiger charge is -2.31. The molecule has 0 atom stereocenters. The van der Waals surface area contributed by atoms with Gasteiger partial charge in [0, 0.05) is 17.3 Å². The number of pyridine rings is 1. The number of fused-ring (bicyclic) bond motifs is 1. The highest BCUT2D eigenvalue weighted by Gasteiger charge is 2.27. The highest BCUT2D eigenvalue weighted by Crippen LogP contribution is 2.39. The van der Waals surface area contributed by atoms with Crippen LogP contribution in [0.15, 0.2) is 42.6 Å². The van der Waals surface area contributed by atoms with E-state index in [1.54, 1.807) is 18.3 Å². The van der Waals surface area contributed by atoms with E-state index in [-0.39, 0.29) is 0 Å². The normalized spacial score (nSPS) is 15.4. The van der Waals surface area contributed by atoms with Crippen molar-refractivity contribution in [3.8, 4) is 11.8 Å². The summed E-state index contributed by atoms with van der Waals surface area (Å²) in [7, 11) is 0. The van der Waals surface area contributed by atoms with Gasteiger partial charge in [0.1, 0.15) is 11.4 Å². The fourth-order valence-electron chi connectivity index (χ4n) is 2.38. The molecule has 1 aliphatic rings. The molecule has 3 rings (SSSR count). The number of aromatic nitrogens is 1. The predicted octanol–water partition coefficient (Wildman–Crippen LogP) is 4.21. The number of nitriles is 1. The zero-order chi connectivity index (χ0) is 15.0. The molecule has 1 aromatic heterocycles. The maximum absolute atomic E-state index is 9.09. The maximum atomic E-state index is 9.09. The van der Waals surface area contributed by atoms with Crippen LogP contribution in [0.5, 0.6) is 5.75 Å². The average molecular weight is 297 g/mol. The number of rotatable bonds is 1. The molecule has 0 fully saturated rings. The smallest absolute Gasteiger partial charge is 0.128 e. The summed E-state index contributed by atoms with van der Waals surface area (Å²) < 4.78 is 5.95. The van der Waals surface area contributed by atoms with Crippen molar-refractivity contribution >= 4 is 17.2 Å². The van der Waals surface area contributed by atoms with Gasteiger partial charge in [0.05, 0.1) is 22.3 Å². The van der Waals surface area contributed by atoms with Gasteiger partial charge >= 0.3 is 0 Å². The second-order valence-electron chi connectivity index (χ2n) is 5.45. The van der Waals surface area contributed by atoms with Crippen molar-refractivity contribution in [3.63, 3.8) is 0 Å². The molecule has 0 spiro atoms. The molecule has 0 N–H and O–H groups in total. The second kappa shape index (κ2) is 4.91. The first-order valence-electron chi connectivity index (χ1n) is 6.57. The van der Waals surface area contributed by atoms with Crippen molar-refractivity contribution in [2.75, 3.05) is 0 Å². The molecule has 0 radical (unpaired) electrons. The quantitative estimate of drug-likeness (QED) is 0.792. The summed E-state index contributed by atoms with van der Waals surface area (Å²) in [5.74, 6) is 0.758. The Morgan fingerprint density at radius 2 is 2.05 bits per heavy atom. The van der Waals surface area contributed by atoms with E-state index >= 15 is 0 Å². The van der Waals surface area contributed by atoms with Crippen molar-refractivity contribution in [2.45, 2.75) is 19.4 Å². The third kappa shape index (κ3) is 2.63. The molecule has 2 aromatic rings. The van der Waals surface area contributed by atoms with E-state index in [1.165, 1.54) is 0 Å². The number of hydrogen-bond acceptors (Lipinski definition) is 3. The monoisotopic (exact) mass is 296 g/mol. The lowest BCUT2D eigenvalue weighted by atomic mass is 9.91. The summed E-state index contributed by atoms with van der Waals surface area (Å²) in [5, 5.41) is 9.69. The van der Waals surface area contributed by atoms with Crippen LogP contribution in [0.2, 0.25) is 5.02 Å². The zero-order valence-corrected chi connectivity index (χ0v) is 12.5. The van der Waals surface area contributed by atoms with Crippen molar-refractivity contribution in [3.05, 3.63) is 64.4 Å². The van der Waals surface area contributed by atoms with Crippen molar-refractivity contribution in [1.82, 2.24) is 4.98 Å². The summed E-state index contributed by atoms with van der Waals surface area (Å²) in [6.45, 7) is 3.98. The van der Waals surface area contributed by atoms with Crippen molar-refractivity contribution < 1.29 is 4.74 Å². The molecule has 2 heterocycles. The Hall–Kier alpha value is -2.31. The van der Waals surface area contributed by atoms with Crippen LogP contribution in [0.4, 0.5) is 0 Å². The summed E-state index contributed by atoms with van der Waals surface area (Å²) in [6.07, 6.45) is 3.64. The van der Waals surface area contributed by atoms with Crippen LogP contribution in [0.3, 0.4) is 0 Å². The molecular formula is C17H13ClN2O. The van der Waals surface area contributed by atoms with Gasteiger partial charge in [0.2, 0.25) is 0 Å². The molecule has 21 heavy (non-hydrogen) atoms. The topological polar surface area (TPSA) is 45.9 Å². The number of nitrogens with zero attached hydrogens (tertiary/aromatic N) is 2. The molecule has 0 saturated heterocycles. The third-order valence-electron chi connectivity index (χ3n) is 3.27. The zero-order valence-electron chi connectivity index (χ0n) is 11.7. The van der Waals surface area contributed by atoms with E-state index < -0.39 is 5.60 Å². The van der Waals surface area contributed by atoms with E-state index in [1.807, 2.05) is 38.1 Å². The molecule has 0 amide bonds. The van der Waals surface area contributed by atoms with Crippen LogP contribution in [-0.4, -0.2) is 10.6 Å². The van der Waals surface area contributed by atoms with Gasteiger partial charge in [0.25, 0.3) is 0 Å². The van der Waals surface area contributed by atoms with Gasteiger partial charge in [0.15, 0.2) is 0 Å². The molecule has 0 saturated carbocycles. The van der Waals surface area contributed by atoms with Crippen LogP contribution in [0.1, 0.15) is 30.7 Å². The number of benzene rings is 1. The summed E-state index contributed by atoms with van der Waals surface area (Å²) in [5.41, 5.74) is 2.81. The minimum Gasteiger partial charge on any atom is -0.483 e. The van der Waals surface area contributed by atoms with Gasteiger partial charge in [-0.25, -0.2) is 0 Å². The predicted molar refractivity (Wildman–Crippen MR) is 82.2 cm³/mol. The SMILES string of the molecule is CC1(C)C=C(c2ccc(Cl)cn2)c2cc(C#N)ccc2O1. The first kappa shape index (κ1) is 13.7. The molecule has 4 heteroatoms. The second-order valence-corrected chi connectivity index (χ2v) is 5.88. The summed E-state index contributed by atoms with van der Waals surface area (Å²) >= 11 is 5.90. The number of ether oxygens (including phenoxy) is 1. The maximum Gasteiger partial charge on any atom is 0.128 e. The Kier molecular flexibility index (Phi) is 3.19. The minimum atomic E-state index is -0.433. The first-order chi connectivity index (χ1) is 9.98. The highest BCUT2D eigenvalue weighted by molar-refractivity contribution is 6.30. The lowest BCUT2D eigenvalue weighted by molar-refractivity contribution is 0.158. The van der Waals surface area contributed by atoms with Crippen molar-refractivity contribution in [2.24, 2.45) is 0 Å². The molecule has 1 aliphatic heterocycles. The fraction of sp³-hybridized carbons (Fsp3) is 0.176. The Morgan fingerprint density at radius 3 is 2.71 bits per heavy atom. The first-order valence-corrected chi connectivity index (χ1v) is 6.95. The largest absolute Gasteiger partial charge is 0.483 e. The Balaban J connectivity index is 2.20. The Bertz CT molecular complexity index is 770. The number of halogens is 1. The Labute approximate surface area is 128 Å². The molecule has 104 valence electrons. The van der Waals surface area contributed by atoms with Crippen LogP contribution >= 0.6 is 11.6 Å². The van der Waals surface area contributed by atoms with E-state index in [0.717, 1.165) is 22.6 Å². The number of hydrogen-bond donors (Lipinski definition) is 0. The van der Waals surface area contributed by atoms with Crippen LogP contribution in [-0.2, 0) is 0 Å². The lowest BCUT2D eigenvalue weighted by Crippen LogP contribution is -2.29. The fourth-order valence-corrected chi connectivity index (χ4v) is 2.50. The van der Waals surface area contributed by atoms with E-state index in [9.17, 15) is 0 Å². The van der Waals surface area contributed by atoms with Crippen LogP contribution in [0.25, 0.3) is 5.57 Å². The van der Waals surface area contributed by atoms with E-state index in [0.29, 0.717) is 10.6 Å². The van der Waals surface area contributed by atoms with Crippen molar-refractivity contribution in [1.29, 1.82) is 5.26 Å². The van der Waals surface area contributed by atoms with Crippen LogP contribution < -0.4 is 4.74 Å². The van der Waals surface area contributed by atoms with Gasteiger partial charge in [-0.15, -0.1) is 0 Å². The van der Waals surface area contributed by atoms with Gasteiger partial charge in [-0.05, 0) is 50.3 Å². The molecular weight excluding hydrogens is 284 g/mol. The summed E-state index contributed by atoms with van der Waals surface area (Å²) in [6, 6.07) is 11.2. The minimum absolute atomic E-state index is 0.433. The molecule has 0 bridgehead atoms. The average Bonchev–Trinajstić information content (AvgIpc) is 2.46. The van der Waals surface area contributed by atoms with Crippen LogP contribution in [0, 0.1) is 11.3 Å². The van der Waals surface area contributed by atoms with Gasteiger partial charge in [-0.3, -0.25) is 4.98 Å². The summed E-state index contributed by atoms with van der Waals surface area (Å²) in [4.78, 5) is 4.38.